The summed E-state index contributed by atoms with van der Waals surface area (Å²) in [6, 6.07) is 49.5. The molecule has 0 radical (unpaired) electrons. The molecule has 0 aliphatic rings. The molecule has 0 spiro atoms. The van der Waals surface area contributed by atoms with Crippen LogP contribution in [0.4, 0.5) is 93.8 Å². The van der Waals surface area contributed by atoms with Crippen molar-refractivity contribution in [3.63, 3.8) is 0 Å². The molecule has 0 atom stereocenters. The van der Waals surface area contributed by atoms with Crippen molar-refractivity contribution >= 4 is 97.4 Å². The van der Waals surface area contributed by atoms with Gasteiger partial charge < -0.3 is 74.5 Å². The van der Waals surface area contributed by atoms with E-state index in [9.17, 15) is 102 Å². The van der Waals surface area contributed by atoms with Crippen molar-refractivity contribution in [1.82, 2.24) is 18.7 Å². The number of esters is 5. The number of imidazole rings is 2. The highest BCUT2D eigenvalue weighted by atomic mass is 19.3. The van der Waals surface area contributed by atoms with Crippen LogP contribution in [0.25, 0.3) is 33.4 Å². The second kappa shape index (κ2) is 44.0. The molecule has 12 aromatic rings. The summed E-state index contributed by atoms with van der Waals surface area (Å²) in [4.78, 5) is 105. The lowest BCUT2D eigenvalue weighted by Crippen LogP contribution is -2.24. The van der Waals surface area contributed by atoms with Gasteiger partial charge in [-0.05, 0) is 153 Å². The number of fused-ring (bicyclic) bond motifs is 2. The van der Waals surface area contributed by atoms with Crippen molar-refractivity contribution in [2.24, 2.45) is 0 Å². The Morgan fingerprint density at radius 2 is 0.762 bits per heavy atom. The number of nitrogens with one attached hydrogen (secondary N) is 3. The van der Waals surface area contributed by atoms with Crippen LogP contribution >= 0.6 is 0 Å². The number of H-pyrrole nitrogens is 1. The molecule has 2 heterocycles. The highest BCUT2D eigenvalue weighted by Gasteiger charge is 2.24. The number of methoxy groups -OCH3 is 5. The Labute approximate surface area is 681 Å². The van der Waals surface area contributed by atoms with Crippen LogP contribution in [0.1, 0.15) is 71.7 Å². The standard InChI is InChI=1S/C19H18F2N2O4.C16H12F2N2O4.C15H12F2N2O5.C15H14F2N2O3.C8H6FNO4.C7H7F2NO/c1-11(2)22-16-9-12(17(24)26-3)7-8-15(16)23(19(22)25)13-5-4-6-14(10-13)27-18(20)21;1-23-14(21)9-5-6-13-12(7-9)19-16(22)20(13)10-3-2-4-11(8-10)24-15(17)18;1-23-14(20)9-5-6-12(13(7-9)19(21)22)18-10-3-2-4-11(8-10)24-15(16)17;1-21-14(20)9-5-6-13(12(18)7-9)19-10-3-2-4-11(8-10)22-15(16)17;1-14-8(11)5-2-3-6(9)7(4-5)10(12)13;8-7(9)11-6-3-1-2-5(10)4-6/h4-11,18H,1-3H3;2-8,15H,1H3,(H,19,22);2-8,15,18H,1H3;2-8,15,19H,18H2,1H3;2-4H,1H3;1-4,7H,10H2. The monoisotopic (exact) mass is 1710 g/mol. The van der Waals surface area contributed by atoms with Crippen LogP contribution in [0.15, 0.2) is 222 Å². The number of nitrogens with zero attached hydrogens (tertiary/aromatic N) is 5. The van der Waals surface area contributed by atoms with Gasteiger partial charge in [-0.1, -0.05) is 30.3 Å². The van der Waals surface area contributed by atoms with E-state index in [1.54, 1.807) is 72.8 Å². The summed E-state index contributed by atoms with van der Waals surface area (Å²) in [5, 5.41) is 27.2. The van der Waals surface area contributed by atoms with Crippen LogP contribution in [0.5, 0.6) is 28.7 Å². The van der Waals surface area contributed by atoms with E-state index in [0.29, 0.717) is 73.0 Å². The van der Waals surface area contributed by atoms with Crippen LogP contribution in [-0.2, 0) is 23.7 Å². The molecule has 10 aromatic carbocycles. The molecule has 0 amide bonds. The van der Waals surface area contributed by atoms with Gasteiger partial charge in [0.1, 0.15) is 34.4 Å². The maximum atomic E-state index is 13.0. The normalized spacial score (nSPS) is 10.6. The molecule has 31 nitrogen and oxygen atoms in total. The third-order valence-corrected chi connectivity index (χ3v) is 15.9. The van der Waals surface area contributed by atoms with E-state index >= 15 is 0 Å². The molecular formula is C80H69F11N10O21. The van der Waals surface area contributed by atoms with Crippen LogP contribution in [0.3, 0.4) is 0 Å². The summed E-state index contributed by atoms with van der Waals surface area (Å²) in [6.45, 7) is -10.9. The van der Waals surface area contributed by atoms with Crippen molar-refractivity contribution in [3.8, 4) is 40.1 Å². The minimum atomic E-state index is -2.98. The Kier molecular flexibility index (Phi) is 33.7. The van der Waals surface area contributed by atoms with Gasteiger partial charge in [0, 0.05) is 65.6 Å². The van der Waals surface area contributed by atoms with Gasteiger partial charge in [-0.2, -0.15) is 48.3 Å². The highest BCUT2D eigenvalue weighted by molar-refractivity contribution is 5.96. The average molecular weight is 1720 g/mol. The van der Waals surface area contributed by atoms with Crippen LogP contribution in [-0.4, -0.2) is 127 Å². The number of anilines is 6. The zero-order chi connectivity index (χ0) is 89.8. The summed E-state index contributed by atoms with van der Waals surface area (Å²) in [7, 11) is 6.11. The fourth-order valence-electron chi connectivity index (χ4n) is 10.8. The molecule has 0 unspecified atom stereocenters. The van der Waals surface area contributed by atoms with Gasteiger partial charge in [0.25, 0.3) is 5.69 Å². The lowest BCUT2D eigenvalue weighted by Gasteiger charge is -2.12. The molecular weight excluding hydrogens is 1650 g/mol. The van der Waals surface area contributed by atoms with E-state index in [2.05, 4.69) is 58.2 Å². The van der Waals surface area contributed by atoms with Crippen LogP contribution in [0.2, 0.25) is 0 Å². The Hall–Kier alpha value is -15.7. The number of nitro benzene ring substituents is 2. The minimum Gasteiger partial charge on any atom is -0.465 e. The van der Waals surface area contributed by atoms with Crippen LogP contribution < -0.4 is 57.2 Å². The lowest BCUT2D eigenvalue weighted by molar-refractivity contribution is -0.387. The number of carbonyl (C=O) groups excluding carboxylic acids is 5. The minimum absolute atomic E-state index is 0.0181. The molecule has 12 rings (SSSR count). The first-order valence-electron chi connectivity index (χ1n) is 34.6. The fourth-order valence-corrected chi connectivity index (χ4v) is 10.8. The maximum Gasteiger partial charge on any atom is 0.387 e. The second-order valence-corrected chi connectivity index (χ2v) is 24.2. The molecule has 0 fully saturated rings. The SMILES string of the molecule is COC(=O)c1ccc(F)c([N+](=O)[O-])c1.COC(=O)c1ccc(Nc2cccc(OC(F)F)c2)c(N)c1.COC(=O)c1ccc(Nc2cccc(OC(F)F)c2)c([N+](=O)[O-])c1.COC(=O)c1ccc2c(c1)[nH]c(=O)n2-c1cccc(OC(F)F)c1.COC(=O)c1ccc2c(c1)n(C(C)C)c(=O)n2-c1cccc(OC(F)F)c1.Nc1cccc(OC(F)F)c1. The number of aromatic nitrogens is 4. The van der Waals surface area contributed by atoms with Crippen molar-refractivity contribution in [1.29, 1.82) is 0 Å². The Bertz CT molecular complexity index is 5830. The zero-order valence-corrected chi connectivity index (χ0v) is 64.3. The van der Waals surface area contributed by atoms with Crippen molar-refractivity contribution in [3.05, 3.63) is 287 Å². The third kappa shape index (κ3) is 26.4. The number of nitro groups is 2. The Morgan fingerprint density at radius 3 is 1.19 bits per heavy atom. The molecule has 42 heteroatoms. The van der Waals surface area contributed by atoms with E-state index in [1.807, 2.05) is 13.8 Å². The fraction of sp³-hybridized carbons (Fsp3) is 0.163. The maximum absolute atomic E-state index is 13.0. The zero-order valence-electron chi connectivity index (χ0n) is 64.3. The number of carbonyl (C=O) groups is 5. The number of alkyl halides is 10. The summed E-state index contributed by atoms with van der Waals surface area (Å²) in [5.74, 6) is -4.06. The van der Waals surface area contributed by atoms with Gasteiger partial charge in [-0.15, -0.1) is 0 Å². The number of nitrogen functional groups attached to an aromatic ring is 2. The average Bonchev–Trinajstić information content (AvgIpc) is 1.60. The van der Waals surface area contributed by atoms with Gasteiger partial charge in [-0.3, -0.25) is 33.9 Å². The first kappa shape index (κ1) is 93.5. The Balaban J connectivity index is 0.000000206. The quantitative estimate of drug-likeness (QED) is 0.00936. The number of ether oxygens (including phenoxy) is 10. The first-order chi connectivity index (χ1) is 57.9. The van der Waals surface area contributed by atoms with Crippen molar-refractivity contribution in [2.45, 2.75) is 52.9 Å². The van der Waals surface area contributed by atoms with Crippen molar-refractivity contribution < 1.29 is 129 Å². The number of hydrogen-bond donors (Lipinski definition) is 5. The summed E-state index contributed by atoms with van der Waals surface area (Å²) >= 11 is 0. The number of nitrogens with two attached hydrogens (primary N) is 2. The van der Waals surface area contributed by atoms with E-state index < -0.39 is 89.9 Å². The molecule has 0 aliphatic heterocycles. The van der Waals surface area contributed by atoms with Crippen molar-refractivity contribution in [2.75, 3.05) is 57.6 Å². The van der Waals surface area contributed by atoms with E-state index in [1.165, 1.54) is 150 Å². The van der Waals surface area contributed by atoms with Gasteiger partial charge in [-0.25, -0.2) is 33.6 Å². The van der Waals surface area contributed by atoms with E-state index in [0.717, 1.165) is 38.5 Å². The molecule has 0 saturated carbocycles. The molecule has 2 aromatic heterocycles. The number of halogens is 11. The lowest BCUT2D eigenvalue weighted by atomic mass is 10.1. The van der Waals surface area contributed by atoms with E-state index in [-0.39, 0.29) is 68.5 Å². The predicted octanol–water partition coefficient (Wildman–Crippen LogP) is 17.0. The Morgan fingerprint density at radius 1 is 0.402 bits per heavy atom. The first-order valence-corrected chi connectivity index (χ1v) is 34.6. The summed E-state index contributed by atoms with van der Waals surface area (Å²) < 4.78 is 183. The summed E-state index contributed by atoms with van der Waals surface area (Å²) in [5.41, 5.74) is 15.0. The molecule has 0 saturated heterocycles. The number of rotatable bonds is 24. The van der Waals surface area contributed by atoms with Gasteiger partial charge in [0.2, 0.25) is 5.82 Å². The largest absolute Gasteiger partial charge is 0.465 e. The smallest absolute Gasteiger partial charge is 0.387 e. The number of hydrogen-bond acceptors (Lipinski definition) is 25. The highest BCUT2D eigenvalue weighted by Crippen LogP contribution is 2.33. The van der Waals surface area contributed by atoms with Gasteiger partial charge in [0.05, 0.1) is 118 Å². The second-order valence-electron chi connectivity index (χ2n) is 24.2. The number of aromatic amines is 1. The molecule has 122 heavy (non-hydrogen) atoms. The molecule has 642 valence electrons. The van der Waals surface area contributed by atoms with Gasteiger partial charge in [0.15, 0.2) is 0 Å². The van der Waals surface area contributed by atoms with Gasteiger partial charge >= 0.3 is 80.0 Å². The molecule has 0 aliphatic carbocycles. The molecule has 0 bridgehead atoms. The van der Waals surface area contributed by atoms with Crippen LogP contribution in [0, 0.1) is 26.0 Å². The predicted molar refractivity (Wildman–Crippen MR) is 419 cm³/mol. The number of benzene rings is 10. The molecule has 7 N–H and O–H groups in total. The third-order valence-electron chi connectivity index (χ3n) is 15.9. The van der Waals surface area contributed by atoms with E-state index in [4.69, 9.17) is 16.2 Å². The summed E-state index contributed by atoms with van der Waals surface area (Å²) in [6.07, 6.45) is 0. The topological polar surface area (TPSA) is 405 Å².